The quantitative estimate of drug-likeness (QED) is 0.212. The molecular formula is C20H41N3S2. The van der Waals surface area contributed by atoms with Crippen molar-refractivity contribution in [3.8, 4) is 0 Å². The maximum atomic E-state index is 5.35. The van der Waals surface area contributed by atoms with Crippen molar-refractivity contribution in [3.05, 3.63) is 0 Å². The lowest BCUT2D eigenvalue weighted by atomic mass is 10.0. The minimum Gasteiger partial charge on any atom is -0.376 e. The second kappa shape index (κ2) is 19.9. The molecule has 0 amide bonds. The molecule has 3 nitrogen and oxygen atoms in total. The van der Waals surface area contributed by atoms with Crippen molar-refractivity contribution in [2.45, 2.75) is 110 Å². The van der Waals surface area contributed by atoms with Gasteiger partial charge in [-0.25, -0.2) is 0 Å². The topological polar surface area (TPSA) is 50.1 Å². The van der Waals surface area contributed by atoms with E-state index < -0.39 is 0 Å². The predicted octanol–water partition coefficient (Wildman–Crippen LogP) is 5.96. The summed E-state index contributed by atoms with van der Waals surface area (Å²) in [5.41, 5.74) is 5.35. The van der Waals surface area contributed by atoms with Gasteiger partial charge in [-0.1, -0.05) is 103 Å². The van der Waals surface area contributed by atoms with Gasteiger partial charge in [0.15, 0.2) is 10.2 Å². The Labute approximate surface area is 167 Å². The first-order valence-electron chi connectivity index (χ1n) is 10.5. The molecule has 0 aromatic carbocycles. The zero-order valence-corrected chi connectivity index (χ0v) is 18.0. The van der Waals surface area contributed by atoms with Crippen LogP contribution in [-0.4, -0.2) is 16.8 Å². The highest BCUT2D eigenvalue weighted by molar-refractivity contribution is 7.81. The van der Waals surface area contributed by atoms with Gasteiger partial charge in [0, 0.05) is 6.54 Å². The fourth-order valence-corrected chi connectivity index (χ4v) is 3.41. The van der Waals surface area contributed by atoms with Crippen LogP contribution in [0.15, 0.2) is 0 Å². The first-order valence-corrected chi connectivity index (χ1v) is 11.3. The summed E-state index contributed by atoms with van der Waals surface area (Å²) in [6.45, 7) is 3.18. The van der Waals surface area contributed by atoms with E-state index in [-0.39, 0.29) is 5.11 Å². The number of nitrogens with one attached hydrogen (secondary N) is 2. The zero-order chi connectivity index (χ0) is 18.6. The Morgan fingerprint density at radius 1 is 0.640 bits per heavy atom. The Morgan fingerprint density at radius 2 is 1.00 bits per heavy atom. The van der Waals surface area contributed by atoms with Crippen molar-refractivity contribution in [2.75, 3.05) is 6.54 Å². The molecule has 0 aromatic heterocycles. The molecule has 0 saturated carbocycles. The maximum absolute atomic E-state index is 5.35. The van der Waals surface area contributed by atoms with Crippen LogP contribution in [0.3, 0.4) is 0 Å². The fourth-order valence-electron chi connectivity index (χ4n) is 3.03. The number of hydrogen-bond donors (Lipinski definition) is 3. The summed E-state index contributed by atoms with van der Waals surface area (Å²) in [7, 11) is 0. The Bertz CT molecular complexity index is 322. The summed E-state index contributed by atoms with van der Waals surface area (Å²) in [6.07, 6.45) is 22.2. The van der Waals surface area contributed by atoms with Crippen molar-refractivity contribution >= 4 is 34.7 Å². The van der Waals surface area contributed by atoms with Gasteiger partial charge in [0.05, 0.1) is 0 Å². The summed E-state index contributed by atoms with van der Waals surface area (Å²) < 4.78 is 0. The molecule has 0 heterocycles. The molecule has 0 saturated heterocycles. The van der Waals surface area contributed by atoms with E-state index in [1.54, 1.807) is 0 Å². The van der Waals surface area contributed by atoms with E-state index in [4.69, 9.17) is 30.2 Å². The van der Waals surface area contributed by atoms with E-state index in [9.17, 15) is 0 Å². The lowest BCUT2D eigenvalue weighted by Crippen LogP contribution is -2.42. The summed E-state index contributed by atoms with van der Waals surface area (Å²) in [5, 5.41) is 6.61. The van der Waals surface area contributed by atoms with Gasteiger partial charge in [0.25, 0.3) is 0 Å². The molecule has 0 aromatic rings. The maximum Gasteiger partial charge on any atom is 0.172 e. The molecule has 0 bridgehead atoms. The first-order chi connectivity index (χ1) is 12.2. The molecule has 4 N–H and O–H groups in total. The Hall–Kier alpha value is -0.420. The standard InChI is InChI=1S/C20H41N3S2/c1-2-3-4-5-6-7-8-9-10-11-12-13-14-15-16-17-18-22-20(25)23-19(21)24/h2-18H2,1H3,(H4,21,22,23,24,25). The molecule has 0 radical (unpaired) electrons. The van der Waals surface area contributed by atoms with Crippen molar-refractivity contribution in [1.82, 2.24) is 10.6 Å². The highest BCUT2D eigenvalue weighted by Crippen LogP contribution is 2.13. The van der Waals surface area contributed by atoms with Crippen LogP contribution in [0.25, 0.3) is 0 Å². The predicted molar refractivity (Wildman–Crippen MR) is 120 cm³/mol. The molecule has 0 rings (SSSR count). The Balaban J connectivity index is 3.07. The lowest BCUT2D eigenvalue weighted by molar-refractivity contribution is 0.529. The molecule has 5 heteroatoms. The van der Waals surface area contributed by atoms with Crippen LogP contribution < -0.4 is 16.4 Å². The molecule has 0 aliphatic heterocycles. The monoisotopic (exact) mass is 387 g/mol. The molecule has 148 valence electrons. The van der Waals surface area contributed by atoms with E-state index >= 15 is 0 Å². The molecule has 0 atom stereocenters. The smallest absolute Gasteiger partial charge is 0.172 e. The number of hydrogen-bond acceptors (Lipinski definition) is 2. The van der Waals surface area contributed by atoms with Gasteiger partial charge >= 0.3 is 0 Å². The molecule has 0 aliphatic carbocycles. The Morgan fingerprint density at radius 3 is 1.36 bits per heavy atom. The molecule has 0 fully saturated rings. The van der Waals surface area contributed by atoms with Gasteiger partial charge in [-0.3, -0.25) is 0 Å². The van der Waals surface area contributed by atoms with Crippen LogP contribution in [0.2, 0.25) is 0 Å². The van der Waals surface area contributed by atoms with Crippen molar-refractivity contribution in [1.29, 1.82) is 0 Å². The molecule has 0 spiro atoms. The van der Waals surface area contributed by atoms with Crippen LogP contribution in [0, 0.1) is 0 Å². The third kappa shape index (κ3) is 21.5. The normalized spacial score (nSPS) is 10.6. The average molecular weight is 388 g/mol. The van der Waals surface area contributed by atoms with E-state index in [1.165, 1.54) is 96.3 Å². The van der Waals surface area contributed by atoms with E-state index in [0.29, 0.717) is 5.11 Å². The number of rotatable bonds is 17. The minimum atomic E-state index is 0.226. The van der Waals surface area contributed by atoms with Crippen molar-refractivity contribution in [2.24, 2.45) is 5.73 Å². The third-order valence-electron chi connectivity index (χ3n) is 4.55. The third-order valence-corrected chi connectivity index (χ3v) is 4.90. The molecule has 25 heavy (non-hydrogen) atoms. The van der Waals surface area contributed by atoms with Crippen LogP contribution >= 0.6 is 24.4 Å². The molecule has 0 unspecified atom stereocenters. The number of unbranched alkanes of at least 4 members (excludes halogenated alkanes) is 15. The first kappa shape index (κ1) is 24.6. The fraction of sp³-hybridized carbons (Fsp3) is 0.900. The lowest BCUT2D eigenvalue weighted by Gasteiger charge is -2.08. The van der Waals surface area contributed by atoms with Crippen LogP contribution in [-0.2, 0) is 0 Å². The minimum absolute atomic E-state index is 0.226. The number of thiocarbonyl (C=S) groups is 2. The second-order valence-electron chi connectivity index (χ2n) is 7.05. The van der Waals surface area contributed by atoms with Gasteiger partial charge < -0.3 is 16.4 Å². The van der Waals surface area contributed by atoms with E-state index in [1.807, 2.05) is 0 Å². The summed E-state index contributed by atoms with van der Waals surface area (Å²) in [5.74, 6) is 0. The zero-order valence-electron chi connectivity index (χ0n) is 16.4. The van der Waals surface area contributed by atoms with Gasteiger partial charge in [0.1, 0.15) is 0 Å². The summed E-state index contributed by atoms with van der Waals surface area (Å²) >= 11 is 9.78. The van der Waals surface area contributed by atoms with E-state index in [2.05, 4.69) is 17.6 Å². The highest BCUT2D eigenvalue weighted by atomic mass is 32.1. The Kier molecular flexibility index (Phi) is 19.6. The van der Waals surface area contributed by atoms with Crippen molar-refractivity contribution in [3.63, 3.8) is 0 Å². The van der Waals surface area contributed by atoms with Crippen LogP contribution in [0.1, 0.15) is 110 Å². The summed E-state index contributed by atoms with van der Waals surface area (Å²) in [4.78, 5) is 0. The van der Waals surface area contributed by atoms with Gasteiger partial charge in [-0.15, -0.1) is 0 Å². The van der Waals surface area contributed by atoms with E-state index in [0.717, 1.165) is 13.0 Å². The molecular weight excluding hydrogens is 346 g/mol. The molecule has 0 aliphatic rings. The SMILES string of the molecule is CCCCCCCCCCCCCCCCCCNC(=S)NC(N)=S. The largest absolute Gasteiger partial charge is 0.376 e. The number of nitrogens with two attached hydrogens (primary N) is 1. The van der Waals surface area contributed by atoms with Crippen LogP contribution in [0.5, 0.6) is 0 Å². The van der Waals surface area contributed by atoms with Crippen LogP contribution in [0.4, 0.5) is 0 Å². The average Bonchev–Trinajstić information content (AvgIpc) is 2.57. The summed E-state index contributed by atoms with van der Waals surface area (Å²) in [6, 6.07) is 0. The van der Waals surface area contributed by atoms with Gasteiger partial charge in [0.2, 0.25) is 0 Å². The van der Waals surface area contributed by atoms with Crippen molar-refractivity contribution < 1.29 is 0 Å². The van der Waals surface area contributed by atoms with Gasteiger partial charge in [-0.2, -0.15) is 0 Å². The van der Waals surface area contributed by atoms with Gasteiger partial charge in [-0.05, 0) is 30.9 Å². The highest BCUT2D eigenvalue weighted by Gasteiger charge is 1.96. The second-order valence-corrected chi connectivity index (χ2v) is 7.90.